The first-order valence-corrected chi connectivity index (χ1v) is 10.4. The fraction of sp³-hybridized carbons (Fsp3) is 0. The molecule has 0 aliphatic carbocycles. The van der Waals surface area contributed by atoms with Gasteiger partial charge in [-0.1, -0.05) is 36.0 Å². The van der Waals surface area contributed by atoms with E-state index in [1.54, 1.807) is 29.5 Å². The van der Waals surface area contributed by atoms with Crippen molar-refractivity contribution >= 4 is 33.1 Å². The molecule has 0 spiro atoms. The highest BCUT2D eigenvalue weighted by Gasteiger charge is 2.09. The van der Waals surface area contributed by atoms with Gasteiger partial charge in [0.25, 0.3) is 0 Å². The molecule has 7 heteroatoms. The van der Waals surface area contributed by atoms with E-state index in [-0.39, 0.29) is 11.6 Å². The minimum Gasteiger partial charge on any atom is -0.656 e. The molecule has 0 unspecified atom stereocenters. The summed E-state index contributed by atoms with van der Waals surface area (Å²) in [5.41, 5.74) is 3.92. The molecule has 0 aliphatic rings. The van der Waals surface area contributed by atoms with Crippen LogP contribution in [0.4, 0.5) is 8.78 Å². The fourth-order valence-corrected chi connectivity index (χ4v) is 4.28. The van der Waals surface area contributed by atoms with Crippen molar-refractivity contribution in [3.8, 4) is 33.5 Å². The molecule has 0 aliphatic heterocycles. The highest BCUT2D eigenvalue weighted by molar-refractivity contribution is 7.13. The minimum absolute atomic E-state index is 0.311. The SMILES string of the molecule is Fc1ccc2[n-]c(-c3cc(-c4cccs4)nc(-c4cc5cc(F)ccc5[n-]4)n3)cc2c1. The van der Waals surface area contributed by atoms with E-state index in [1.165, 1.54) is 24.3 Å². The molecule has 4 heterocycles. The van der Waals surface area contributed by atoms with Crippen LogP contribution in [0.5, 0.6) is 0 Å². The van der Waals surface area contributed by atoms with Crippen LogP contribution in [0.15, 0.2) is 72.1 Å². The lowest BCUT2D eigenvalue weighted by Gasteiger charge is -2.13. The third-order valence-corrected chi connectivity index (χ3v) is 5.93. The third kappa shape index (κ3) is 3.19. The molecule has 4 aromatic heterocycles. The number of rotatable bonds is 3. The maximum absolute atomic E-state index is 13.6. The molecule has 0 atom stereocenters. The van der Waals surface area contributed by atoms with Crippen LogP contribution in [-0.4, -0.2) is 9.97 Å². The van der Waals surface area contributed by atoms with Gasteiger partial charge in [-0.15, -0.1) is 28.1 Å². The predicted molar refractivity (Wildman–Crippen MR) is 118 cm³/mol. The van der Waals surface area contributed by atoms with E-state index in [1.807, 2.05) is 29.6 Å². The fourth-order valence-electron chi connectivity index (χ4n) is 3.59. The van der Waals surface area contributed by atoms with Gasteiger partial charge < -0.3 is 9.97 Å². The molecule has 0 saturated carbocycles. The van der Waals surface area contributed by atoms with Crippen LogP contribution >= 0.6 is 11.3 Å². The average Bonchev–Trinajstić information content (AvgIpc) is 3.51. The van der Waals surface area contributed by atoms with Crippen molar-refractivity contribution in [3.63, 3.8) is 0 Å². The van der Waals surface area contributed by atoms with Gasteiger partial charge in [0.2, 0.25) is 0 Å². The molecule has 0 amide bonds. The van der Waals surface area contributed by atoms with Crippen LogP contribution in [0.2, 0.25) is 0 Å². The lowest BCUT2D eigenvalue weighted by atomic mass is 10.2. The summed E-state index contributed by atoms with van der Waals surface area (Å²) in [5.74, 6) is -0.204. The van der Waals surface area contributed by atoms with Crippen molar-refractivity contribution in [3.05, 3.63) is 83.7 Å². The van der Waals surface area contributed by atoms with E-state index < -0.39 is 0 Å². The number of hydrogen-bond acceptors (Lipinski definition) is 3. The van der Waals surface area contributed by atoms with Gasteiger partial charge in [0.05, 0.1) is 16.3 Å². The van der Waals surface area contributed by atoms with Crippen LogP contribution in [0.25, 0.3) is 55.3 Å². The summed E-state index contributed by atoms with van der Waals surface area (Å²) < 4.78 is 27.2. The summed E-state index contributed by atoms with van der Waals surface area (Å²) in [6.45, 7) is 0. The number of aromatic nitrogens is 4. The van der Waals surface area contributed by atoms with Gasteiger partial charge in [-0.2, -0.15) is 0 Å². The highest BCUT2D eigenvalue weighted by Crippen LogP contribution is 2.31. The zero-order valence-electron chi connectivity index (χ0n) is 15.9. The quantitative estimate of drug-likeness (QED) is 0.346. The Morgan fingerprint density at radius 3 is 2.00 bits per heavy atom. The molecule has 150 valence electrons. The third-order valence-electron chi connectivity index (χ3n) is 5.04. The Hall–Kier alpha value is -3.84. The average molecular weight is 426 g/mol. The first kappa shape index (κ1) is 18.0. The monoisotopic (exact) mass is 426 g/mol. The molecule has 0 bridgehead atoms. The normalized spacial score (nSPS) is 11.5. The number of fused-ring (bicyclic) bond motifs is 2. The zero-order chi connectivity index (χ0) is 20.9. The molecular formula is C24H12F2N4S-2. The highest BCUT2D eigenvalue weighted by atomic mass is 32.1. The van der Waals surface area contributed by atoms with Crippen LogP contribution in [0.3, 0.4) is 0 Å². The van der Waals surface area contributed by atoms with Crippen molar-refractivity contribution in [1.82, 2.24) is 19.9 Å². The lowest BCUT2D eigenvalue weighted by Crippen LogP contribution is -1.96. The maximum atomic E-state index is 13.6. The van der Waals surface area contributed by atoms with E-state index >= 15 is 0 Å². The molecule has 0 radical (unpaired) electrons. The topological polar surface area (TPSA) is 54.0 Å². The minimum atomic E-state index is -0.319. The largest absolute Gasteiger partial charge is 0.656 e. The molecule has 0 saturated heterocycles. The van der Waals surface area contributed by atoms with Gasteiger partial charge in [-0.25, -0.2) is 18.7 Å². The van der Waals surface area contributed by atoms with E-state index in [0.29, 0.717) is 44.7 Å². The van der Waals surface area contributed by atoms with Crippen molar-refractivity contribution in [2.45, 2.75) is 0 Å². The van der Waals surface area contributed by atoms with E-state index in [0.717, 1.165) is 10.6 Å². The van der Waals surface area contributed by atoms with Gasteiger partial charge in [-0.05, 0) is 52.6 Å². The summed E-state index contributed by atoms with van der Waals surface area (Å²) in [5, 5.41) is 3.38. The van der Waals surface area contributed by atoms with Crippen molar-refractivity contribution < 1.29 is 8.78 Å². The Labute approximate surface area is 179 Å². The summed E-state index contributed by atoms with van der Waals surface area (Å²) >= 11 is 1.57. The van der Waals surface area contributed by atoms with Gasteiger partial charge >= 0.3 is 0 Å². The zero-order valence-corrected chi connectivity index (χ0v) is 16.7. The number of halogens is 2. The molecule has 4 nitrogen and oxygen atoms in total. The predicted octanol–water partition coefficient (Wildman–Crippen LogP) is 6.04. The van der Waals surface area contributed by atoms with Gasteiger partial charge in [-0.3, -0.25) is 0 Å². The number of nitrogens with zero attached hydrogens (tertiary/aromatic N) is 4. The summed E-state index contributed by atoms with van der Waals surface area (Å²) in [6, 6.07) is 18.3. The first-order valence-electron chi connectivity index (χ1n) is 9.52. The van der Waals surface area contributed by atoms with Crippen molar-refractivity contribution in [1.29, 1.82) is 0 Å². The van der Waals surface area contributed by atoms with Crippen molar-refractivity contribution in [2.24, 2.45) is 0 Å². The van der Waals surface area contributed by atoms with Crippen LogP contribution in [0, 0.1) is 11.6 Å². The van der Waals surface area contributed by atoms with Gasteiger partial charge in [0.15, 0.2) is 0 Å². The Morgan fingerprint density at radius 1 is 0.677 bits per heavy atom. The number of benzene rings is 2. The van der Waals surface area contributed by atoms with Crippen molar-refractivity contribution in [2.75, 3.05) is 0 Å². The lowest BCUT2D eigenvalue weighted by molar-refractivity contribution is 0.629. The second-order valence-electron chi connectivity index (χ2n) is 7.13. The van der Waals surface area contributed by atoms with E-state index in [9.17, 15) is 8.78 Å². The van der Waals surface area contributed by atoms with E-state index in [2.05, 4.69) is 9.97 Å². The molecule has 6 aromatic rings. The van der Waals surface area contributed by atoms with Crippen LogP contribution in [0.1, 0.15) is 0 Å². The summed E-state index contributed by atoms with van der Waals surface area (Å²) in [4.78, 5) is 19.6. The smallest absolute Gasteiger partial charge is 0.138 e. The molecule has 31 heavy (non-hydrogen) atoms. The number of thiophene rings is 1. The standard InChI is InChI=1S/C24H12F2N4S/c25-15-3-5-17-13(8-15)10-19(27-17)20-12-21(23-2-1-7-31-23)30-24(29-20)22-11-14-9-16(26)4-6-18(14)28-22/h1-12H/q-2. The molecule has 2 aromatic carbocycles. The molecule has 6 rings (SSSR count). The first-order chi connectivity index (χ1) is 15.1. The molecule has 0 fully saturated rings. The Kier molecular flexibility index (Phi) is 3.97. The summed E-state index contributed by atoms with van der Waals surface area (Å²) in [6.07, 6.45) is 0. The van der Waals surface area contributed by atoms with Crippen LogP contribution in [-0.2, 0) is 0 Å². The van der Waals surface area contributed by atoms with Crippen LogP contribution < -0.4 is 9.97 Å². The Bertz CT molecular complexity index is 1470. The Morgan fingerprint density at radius 2 is 1.32 bits per heavy atom. The van der Waals surface area contributed by atoms with E-state index in [4.69, 9.17) is 9.97 Å². The number of hydrogen-bond donors (Lipinski definition) is 0. The summed E-state index contributed by atoms with van der Waals surface area (Å²) in [7, 11) is 0. The molecular weight excluding hydrogens is 414 g/mol. The van der Waals surface area contributed by atoms with Gasteiger partial charge in [0, 0.05) is 0 Å². The molecule has 0 N–H and O–H groups in total. The second-order valence-corrected chi connectivity index (χ2v) is 8.08. The maximum Gasteiger partial charge on any atom is 0.138 e. The van der Waals surface area contributed by atoms with Gasteiger partial charge in [0.1, 0.15) is 17.5 Å². The Balaban J connectivity index is 1.55. The second kappa shape index (κ2) is 6.85.